The second-order valence-corrected chi connectivity index (χ2v) is 8.62. The molecule has 0 aliphatic heterocycles. The second kappa shape index (κ2) is 9.65. The molecule has 162 valence electrons. The molecule has 0 saturated heterocycles. The Kier molecular flexibility index (Phi) is 6.71. The van der Waals surface area contributed by atoms with Crippen molar-refractivity contribution in [3.05, 3.63) is 69.2 Å². The van der Waals surface area contributed by atoms with Crippen molar-refractivity contribution in [3.8, 4) is 5.75 Å². The van der Waals surface area contributed by atoms with Crippen molar-refractivity contribution in [1.29, 1.82) is 0 Å². The topological polar surface area (TPSA) is 56.5 Å². The van der Waals surface area contributed by atoms with Crippen LogP contribution in [0.4, 0.5) is 0 Å². The lowest BCUT2D eigenvalue weighted by Crippen LogP contribution is -2.25. The average molecular weight is 438 g/mol. The molecule has 6 heteroatoms. The normalized spacial score (nSPS) is 16.1. The van der Waals surface area contributed by atoms with E-state index < -0.39 is 0 Å². The largest absolute Gasteiger partial charge is 0.489 e. The van der Waals surface area contributed by atoms with E-state index in [4.69, 9.17) is 21.3 Å². The van der Waals surface area contributed by atoms with E-state index in [9.17, 15) is 4.79 Å². The van der Waals surface area contributed by atoms with Crippen LogP contribution in [-0.2, 0) is 0 Å². The van der Waals surface area contributed by atoms with E-state index in [1.54, 1.807) is 12.3 Å². The zero-order valence-electron chi connectivity index (χ0n) is 18.1. The van der Waals surface area contributed by atoms with Crippen molar-refractivity contribution >= 4 is 28.7 Å². The zero-order valence-corrected chi connectivity index (χ0v) is 18.8. The molecule has 0 spiro atoms. The summed E-state index contributed by atoms with van der Waals surface area (Å²) < 4.78 is 7.32. The fourth-order valence-electron chi connectivity index (χ4n) is 3.99. The van der Waals surface area contributed by atoms with E-state index in [2.05, 4.69) is 12.0 Å². The van der Waals surface area contributed by atoms with Crippen LogP contribution in [0.5, 0.6) is 5.75 Å². The molecular formula is C25H28ClN3O2. The summed E-state index contributed by atoms with van der Waals surface area (Å²) in [5.74, 6) is 1.65. The van der Waals surface area contributed by atoms with Crippen LogP contribution in [0.2, 0.25) is 5.02 Å². The highest BCUT2D eigenvalue weighted by molar-refractivity contribution is 6.32. The van der Waals surface area contributed by atoms with E-state index >= 15 is 0 Å². The number of hydrogen-bond acceptors (Lipinski definition) is 4. The molecule has 1 atom stereocenters. The molecular weight excluding hydrogens is 410 g/mol. The first-order chi connectivity index (χ1) is 15.1. The molecule has 1 heterocycles. The zero-order chi connectivity index (χ0) is 21.8. The van der Waals surface area contributed by atoms with Gasteiger partial charge >= 0.3 is 0 Å². The van der Waals surface area contributed by atoms with Gasteiger partial charge in [0.05, 0.1) is 28.2 Å². The second-order valence-electron chi connectivity index (χ2n) is 8.21. The monoisotopic (exact) mass is 437 g/mol. The van der Waals surface area contributed by atoms with E-state index in [1.165, 1.54) is 11.1 Å². The number of aromatic nitrogens is 2. The van der Waals surface area contributed by atoms with Crippen LogP contribution in [0.25, 0.3) is 10.9 Å². The number of fused-ring (bicyclic) bond motifs is 1. The van der Waals surface area contributed by atoms with Gasteiger partial charge in [0.2, 0.25) is 0 Å². The Bertz CT molecular complexity index is 1150. The van der Waals surface area contributed by atoms with Crippen LogP contribution in [0.1, 0.15) is 69.7 Å². The van der Waals surface area contributed by atoms with Gasteiger partial charge in [0, 0.05) is 5.92 Å². The lowest BCUT2D eigenvalue weighted by Gasteiger charge is -2.22. The first kappa shape index (κ1) is 21.6. The third-order valence-electron chi connectivity index (χ3n) is 5.93. The summed E-state index contributed by atoms with van der Waals surface area (Å²) in [7, 11) is 0. The van der Waals surface area contributed by atoms with Crippen LogP contribution in [0.3, 0.4) is 0 Å². The maximum absolute atomic E-state index is 13.3. The molecule has 1 aromatic heterocycles. The molecule has 1 fully saturated rings. The van der Waals surface area contributed by atoms with E-state index in [0.29, 0.717) is 16.2 Å². The van der Waals surface area contributed by atoms with Crippen molar-refractivity contribution in [2.75, 3.05) is 0 Å². The molecule has 1 aliphatic carbocycles. The van der Waals surface area contributed by atoms with Gasteiger partial charge in [-0.05, 0) is 62.1 Å². The number of rotatable bonds is 6. The van der Waals surface area contributed by atoms with E-state index in [0.717, 1.165) is 49.0 Å². The summed E-state index contributed by atoms with van der Waals surface area (Å²) >= 11 is 6.41. The predicted octanol–water partition coefficient (Wildman–Crippen LogP) is 6.16. The Hall–Kier alpha value is -2.66. The molecule has 31 heavy (non-hydrogen) atoms. The number of hydrogen-bond donors (Lipinski definition) is 0. The highest BCUT2D eigenvalue weighted by atomic mass is 35.5. The van der Waals surface area contributed by atoms with Crippen LogP contribution in [0, 0.1) is 0 Å². The lowest BCUT2D eigenvalue weighted by atomic mass is 9.88. The fraction of sp³-hybridized carbons (Fsp3) is 0.400. The van der Waals surface area contributed by atoms with Gasteiger partial charge in [0.1, 0.15) is 11.6 Å². The first-order valence-corrected chi connectivity index (χ1v) is 11.5. The summed E-state index contributed by atoms with van der Waals surface area (Å²) in [6, 6.07) is 13.0. The summed E-state index contributed by atoms with van der Waals surface area (Å²) in [5, 5.41) is 5.67. The number of nitrogens with zero attached hydrogens (tertiary/aromatic N) is 3. The Morgan fingerprint density at radius 1 is 1.23 bits per heavy atom. The molecule has 1 aliphatic rings. The van der Waals surface area contributed by atoms with Crippen molar-refractivity contribution in [3.63, 3.8) is 0 Å². The highest BCUT2D eigenvalue weighted by Gasteiger charge is 2.22. The minimum atomic E-state index is -0.134. The van der Waals surface area contributed by atoms with Crippen LogP contribution < -0.4 is 10.3 Å². The molecule has 0 bridgehead atoms. The third-order valence-corrected chi connectivity index (χ3v) is 6.23. The number of halogens is 1. The van der Waals surface area contributed by atoms with Crippen molar-refractivity contribution in [2.45, 2.75) is 64.4 Å². The van der Waals surface area contributed by atoms with Crippen LogP contribution in [0.15, 0.2) is 52.4 Å². The minimum absolute atomic E-state index is 0.0947. The Morgan fingerprint density at radius 3 is 2.74 bits per heavy atom. The number of benzene rings is 2. The first-order valence-electron chi connectivity index (χ1n) is 11.1. The van der Waals surface area contributed by atoms with Gasteiger partial charge in [-0.2, -0.15) is 9.78 Å². The van der Waals surface area contributed by atoms with Gasteiger partial charge in [-0.15, -0.1) is 0 Å². The lowest BCUT2D eigenvalue weighted by molar-refractivity contribution is 0.217. The third kappa shape index (κ3) is 4.82. The van der Waals surface area contributed by atoms with Crippen molar-refractivity contribution < 1.29 is 4.74 Å². The van der Waals surface area contributed by atoms with Gasteiger partial charge in [0.15, 0.2) is 0 Å². The number of para-hydroxylation sites is 1. The molecule has 0 unspecified atom stereocenters. The minimum Gasteiger partial charge on any atom is -0.489 e. The summed E-state index contributed by atoms with van der Waals surface area (Å²) in [6.45, 7) is 4.08. The Balaban J connectivity index is 1.71. The molecule has 2 aromatic carbocycles. The number of ether oxygens (including phenoxy) is 1. The van der Waals surface area contributed by atoms with Gasteiger partial charge in [-0.3, -0.25) is 4.79 Å². The molecule has 0 N–H and O–H groups in total. The van der Waals surface area contributed by atoms with Crippen molar-refractivity contribution in [2.24, 2.45) is 5.10 Å². The van der Waals surface area contributed by atoms with E-state index in [1.807, 2.05) is 43.3 Å². The fourth-order valence-corrected chi connectivity index (χ4v) is 4.23. The molecule has 0 amide bonds. The smallest absolute Gasteiger partial charge is 0.282 e. The molecule has 3 aromatic rings. The van der Waals surface area contributed by atoms with Gasteiger partial charge < -0.3 is 4.74 Å². The van der Waals surface area contributed by atoms with Gasteiger partial charge in [-0.25, -0.2) is 4.98 Å². The Labute approximate surface area is 187 Å². The summed E-state index contributed by atoms with van der Waals surface area (Å²) in [5.41, 5.74) is 1.40. The quantitative estimate of drug-likeness (QED) is 0.434. The maximum atomic E-state index is 13.3. The van der Waals surface area contributed by atoms with Gasteiger partial charge in [0.25, 0.3) is 5.56 Å². The molecule has 4 rings (SSSR count). The predicted molar refractivity (Wildman–Crippen MR) is 127 cm³/mol. The molecule has 5 nitrogen and oxygen atoms in total. The van der Waals surface area contributed by atoms with Crippen LogP contribution >= 0.6 is 11.6 Å². The van der Waals surface area contributed by atoms with Crippen LogP contribution in [-0.4, -0.2) is 22.0 Å². The standard InChI is InChI=1S/C25H28ClN3O2/c1-3-17(2)31-23-14-13-18(15-21(23)26)16-27-29-24(19-9-5-4-6-10-19)28-22-12-8-7-11-20(22)25(29)30/h7-8,11-17,19H,3-6,9-10H2,1-2H3/t17-/m1/s1. The Morgan fingerprint density at radius 2 is 2.00 bits per heavy atom. The van der Waals surface area contributed by atoms with Gasteiger partial charge in [-0.1, -0.05) is 49.9 Å². The van der Waals surface area contributed by atoms with Crippen molar-refractivity contribution in [1.82, 2.24) is 9.66 Å². The molecule has 0 radical (unpaired) electrons. The SMILES string of the molecule is CC[C@@H](C)Oc1ccc(C=Nn2c(C3CCCCC3)nc3ccccc3c2=O)cc1Cl. The average Bonchev–Trinajstić information content (AvgIpc) is 2.80. The maximum Gasteiger partial charge on any atom is 0.282 e. The summed E-state index contributed by atoms with van der Waals surface area (Å²) in [6.07, 6.45) is 8.29. The summed E-state index contributed by atoms with van der Waals surface area (Å²) in [4.78, 5) is 18.1. The van der Waals surface area contributed by atoms with E-state index in [-0.39, 0.29) is 17.6 Å². The highest BCUT2D eigenvalue weighted by Crippen LogP contribution is 2.32. The molecule has 1 saturated carbocycles.